The molecule has 1 aromatic rings. The average Bonchev–Trinajstić information content (AvgIpc) is 3.31. The fraction of sp³-hybridized carbons (Fsp3) is 0.688. The third-order valence-corrected chi connectivity index (χ3v) is 4.68. The van der Waals surface area contributed by atoms with Crippen molar-refractivity contribution in [2.24, 2.45) is 11.8 Å². The van der Waals surface area contributed by atoms with E-state index in [1.54, 1.807) is 0 Å². The van der Waals surface area contributed by atoms with Crippen LogP contribution in [-0.4, -0.2) is 30.7 Å². The van der Waals surface area contributed by atoms with Gasteiger partial charge >= 0.3 is 0 Å². The van der Waals surface area contributed by atoms with Gasteiger partial charge in [0.2, 0.25) is 0 Å². The van der Waals surface area contributed by atoms with Crippen LogP contribution in [0, 0.1) is 11.8 Å². The number of hydrogen-bond acceptors (Lipinski definition) is 3. The number of pyridine rings is 1. The highest BCUT2D eigenvalue weighted by Crippen LogP contribution is 2.36. The molecule has 2 heterocycles. The number of anilines is 1. The van der Waals surface area contributed by atoms with E-state index in [2.05, 4.69) is 34.3 Å². The van der Waals surface area contributed by atoms with Crippen molar-refractivity contribution in [1.82, 2.24) is 10.3 Å². The van der Waals surface area contributed by atoms with Gasteiger partial charge in [0.1, 0.15) is 0 Å². The molecule has 2 fully saturated rings. The molecule has 1 unspecified atom stereocenters. The molecule has 104 valence electrons. The van der Waals surface area contributed by atoms with Crippen LogP contribution in [0.25, 0.3) is 0 Å². The summed E-state index contributed by atoms with van der Waals surface area (Å²) in [6, 6.07) is 4.95. The second-order valence-corrected chi connectivity index (χ2v) is 6.19. The van der Waals surface area contributed by atoms with Crippen LogP contribution in [0.2, 0.25) is 0 Å². The minimum atomic E-state index is 0.722. The monoisotopic (exact) mass is 259 g/mol. The fourth-order valence-electron chi connectivity index (χ4n) is 3.08. The first-order valence-electron chi connectivity index (χ1n) is 7.71. The molecule has 0 spiro atoms. The minimum Gasteiger partial charge on any atom is -0.371 e. The molecular formula is C16H25N3. The molecule has 0 bridgehead atoms. The highest BCUT2D eigenvalue weighted by molar-refractivity contribution is 5.44. The van der Waals surface area contributed by atoms with Crippen LogP contribution in [0.1, 0.15) is 32.6 Å². The molecule has 1 atom stereocenters. The van der Waals surface area contributed by atoms with Crippen LogP contribution in [0.15, 0.2) is 24.5 Å². The first-order chi connectivity index (χ1) is 9.33. The molecule has 1 aliphatic heterocycles. The summed E-state index contributed by atoms with van der Waals surface area (Å²) in [7, 11) is 0. The Bertz CT molecular complexity index is 380. The van der Waals surface area contributed by atoms with Crippen molar-refractivity contribution in [3.63, 3.8) is 0 Å². The number of rotatable bonds is 5. The Hall–Kier alpha value is -1.09. The summed E-state index contributed by atoms with van der Waals surface area (Å²) >= 11 is 0. The average molecular weight is 259 g/mol. The second kappa shape index (κ2) is 5.91. The number of nitrogens with zero attached hydrogens (tertiary/aromatic N) is 2. The Kier molecular flexibility index (Phi) is 4.02. The standard InChI is InChI=1S/C16H25N3/c1-13(14-2-3-14)12-18-15-6-10-19(11-7-15)16-4-8-17-9-5-16/h4-5,8-9,13-15,18H,2-3,6-7,10-12H2,1H3. The number of aromatic nitrogens is 1. The summed E-state index contributed by atoms with van der Waals surface area (Å²) in [5, 5.41) is 3.78. The van der Waals surface area contributed by atoms with Crippen LogP contribution >= 0.6 is 0 Å². The molecule has 3 rings (SSSR count). The van der Waals surface area contributed by atoms with Crippen molar-refractivity contribution >= 4 is 5.69 Å². The molecule has 19 heavy (non-hydrogen) atoms. The fourth-order valence-corrected chi connectivity index (χ4v) is 3.08. The molecule has 0 aromatic carbocycles. The zero-order valence-corrected chi connectivity index (χ0v) is 11.9. The van der Waals surface area contributed by atoms with E-state index in [1.807, 2.05) is 12.4 Å². The lowest BCUT2D eigenvalue weighted by molar-refractivity contribution is 0.368. The van der Waals surface area contributed by atoms with Gasteiger partial charge in [-0.3, -0.25) is 4.98 Å². The van der Waals surface area contributed by atoms with Gasteiger partial charge in [0.25, 0.3) is 0 Å². The molecule has 3 heteroatoms. The van der Waals surface area contributed by atoms with Gasteiger partial charge in [0.15, 0.2) is 0 Å². The van der Waals surface area contributed by atoms with Crippen molar-refractivity contribution in [3.05, 3.63) is 24.5 Å². The maximum absolute atomic E-state index is 4.09. The van der Waals surface area contributed by atoms with Gasteiger partial charge < -0.3 is 10.2 Å². The van der Waals surface area contributed by atoms with E-state index in [9.17, 15) is 0 Å². The van der Waals surface area contributed by atoms with Crippen molar-refractivity contribution in [2.45, 2.75) is 38.6 Å². The Morgan fingerprint density at radius 1 is 1.21 bits per heavy atom. The first-order valence-corrected chi connectivity index (χ1v) is 7.71. The quantitative estimate of drug-likeness (QED) is 0.881. The van der Waals surface area contributed by atoms with Crippen LogP contribution in [0.5, 0.6) is 0 Å². The lowest BCUT2D eigenvalue weighted by Gasteiger charge is -2.34. The smallest absolute Gasteiger partial charge is 0.0397 e. The van der Waals surface area contributed by atoms with Crippen LogP contribution in [-0.2, 0) is 0 Å². The van der Waals surface area contributed by atoms with Gasteiger partial charge in [0, 0.05) is 37.2 Å². The summed E-state index contributed by atoms with van der Waals surface area (Å²) in [6.45, 7) is 5.94. The molecular weight excluding hydrogens is 234 g/mol. The zero-order valence-electron chi connectivity index (χ0n) is 11.9. The summed E-state index contributed by atoms with van der Waals surface area (Å²) in [5.74, 6) is 1.89. The van der Waals surface area contributed by atoms with Gasteiger partial charge in [-0.05, 0) is 56.2 Å². The van der Waals surface area contributed by atoms with Gasteiger partial charge in [-0.25, -0.2) is 0 Å². The molecule has 1 saturated carbocycles. The van der Waals surface area contributed by atoms with Gasteiger partial charge in [-0.1, -0.05) is 6.92 Å². The van der Waals surface area contributed by atoms with Gasteiger partial charge in [-0.2, -0.15) is 0 Å². The normalized spacial score (nSPS) is 22.5. The molecule has 0 radical (unpaired) electrons. The second-order valence-electron chi connectivity index (χ2n) is 6.19. The molecule has 0 amide bonds. The van der Waals surface area contributed by atoms with E-state index >= 15 is 0 Å². The molecule has 3 nitrogen and oxygen atoms in total. The van der Waals surface area contributed by atoms with E-state index < -0.39 is 0 Å². The molecule has 1 aromatic heterocycles. The maximum atomic E-state index is 4.09. The third-order valence-electron chi connectivity index (χ3n) is 4.68. The predicted molar refractivity (Wildman–Crippen MR) is 79.4 cm³/mol. The van der Waals surface area contributed by atoms with E-state index in [1.165, 1.54) is 51.0 Å². The Balaban J connectivity index is 1.42. The highest BCUT2D eigenvalue weighted by atomic mass is 15.1. The van der Waals surface area contributed by atoms with Gasteiger partial charge in [0.05, 0.1) is 0 Å². The lowest BCUT2D eigenvalue weighted by atomic mass is 10.0. The highest BCUT2D eigenvalue weighted by Gasteiger charge is 2.28. The minimum absolute atomic E-state index is 0.722. The molecule has 2 aliphatic rings. The van der Waals surface area contributed by atoms with E-state index in [0.717, 1.165) is 17.9 Å². The van der Waals surface area contributed by atoms with Crippen molar-refractivity contribution < 1.29 is 0 Å². The van der Waals surface area contributed by atoms with Crippen molar-refractivity contribution in [1.29, 1.82) is 0 Å². The SMILES string of the molecule is CC(CNC1CCN(c2ccncc2)CC1)C1CC1. The number of nitrogens with one attached hydrogen (secondary N) is 1. The predicted octanol–water partition coefficient (Wildman–Crippen LogP) is 2.69. The zero-order chi connectivity index (χ0) is 13.1. The molecule has 1 saturated heterocycles. The summed E-state index contributed by atoms with van der Waals surface area (Å²) in [4.78, 5) is 6.56. The number of hydrogen-bond donors (Lipinski definition) is 1. The summed E-state index contributed by atoms with van der Waals surface area (Å²) in [5.41, 5.74) is 1.32. The molecule has 1 N–H and O–H groups in total. The topological polar surface area (TPSA) is 28.2 Å². The van der Waals surface area contributed by atoms with E-state index in [4.69, 9.17) is 0 Å². The van der Waals surface area contributed by atoms with Gasteiger partial charge in [-0.15, -0.1) is 0 Å². The summed E-state index contributed by atoms with van der Waals surface area (Å²) < 4.78 is 0. The van der Waals surface area contributed by atoms with Crippen molar-refractivity contribution in [3.8, 4) is 0 Å². The molecule has 1 aliphatic carbocycles. The van der Waals surface area contributed by atoms with Crippen LogP contribution in [0.3, 0.4) is 0 Å². The van der Waals surface area contributed by atoms with E-state index in [-0.39, 0.29) is 0 Å². The van der Waals surface area contributed by atoms with Crippen LogP contribution < -0.4 is 10.2 Å². The maximum Gasteiger partial charge on any atom is 0.0397 e. The summed E-state index contributed by atoms with van der Waals surface area (Å²) in [6.07, 6.45) is 9.22. The Morgan fingerprint density at radius 3 is 2.53 bits per heavy atom. The van der Waals surface area contributed by atoms with Crippen molar-refractivity contribution in [2.75, 3.05) is 24.5 Å². The third kappa shape index (κ3) is 3.47. The number of piperidine rings is 1. The first kappa shape index (κ1) is 12.9. The lowest BCUT2D eigenvalue weighted by Crippen LogP contribution is -2.43. The van der Waals surface area contributed by atoms with Crippen LogP contribution in [0.4, 0.5) is 5.69 Å². The largest absolute Gasteiger partial charge is 0.371 e. The van der Waals surface area contributed by atoms with E-state index in [0.29, 0.717) is 0 Å². The Labute approximate surface area is 116 Å². The Morgan fingerprint density at radius 2 is 1.89 bits per heavy atom.